The summed E-state index contributed by atoms with van der Waals surface area (Å²) in [6.45, 7) is 2.91. The highest BCUT2D eigenvalue weighted by atomic mass is 32.2. The van der Waals surface area contributed by atoms with E-state index in [0.29, 0.717) is 17.1 Å². The van der Waals surface area contributed by atoms with Gasteiger partial charge in [0.2, 0.25) is 10.0 Å². The Morgan fingerprint density at radius 1 is 1.09 bits per heavy atom. The molecular weight excluding hydrogens is 452 g/mol. The Morgan fingerprint density at radius 3 is 2.58 bits per heavy atom. The summed E-state index contributed by atoms with van der Waals surface area (Å²) in [6, 6.07) is 15.3. The van der Waals surface area contributed by atoms with E-state index >= 15 is 0 Å². The molecule has 3 aromatic rings. The van der Waals surface area contributed by atoms with Gasteiger partial charge in [-0.2, -0.15) is 0 Å². The number of carbonyl (C=O) groups is 1. The summed E-state index contributed by atoms with van der Waals surface area (Å²) in [5, 5.41) is 3.90. The van der Waals surface area contributed by atoms with Crippen LogP contribution in [0.1, 0.15) is 52.9 Å². The predicted molar refractivity (Wildman–Crippen MR) is 138 cm³/mol. The van der Waals surface area contributed by atoms with Gasteiger partial charge in [-0.3, -0.25) is 9.10 Å². The maximum absolute atomic E-state index is 12.7. The Hall–Kier alpha value is -2.64. The lowest BCUT2D eigenvalue weighted by Gasteiger charge is -2.22. The van der Waals surface area contributed by atoms with Crippen LogP contribution in [0, 0.1) is 6.92 Å². The number of hydrogen-bond donors (Lipinski definition) is 1. The quantitative estimate of drug-likeness (QED) is 0.413. The van der Waals surface area contributed by atoms with Crippen LogP contribution in [0.4, 0.5) is 5.69 Å². The Morgan fingerprint density at radius 2 is 1.88 bits per heavy atom. The first-order chi connectivity index (χ1) is 15.8. The smallest absolute Gasteiger partial charge is 0.261 e. The predicted octanol–water partition coefficient (Wildman–Crippen LogP) is 5.80. The molecular formula is C26H30N2O3S2. The number of nitrogens with zero attached hydrogens (tertiary/aromatic N) is 1. The van der Waals surface area contributed by atoms with Crippen molar-refractivity contribution < 1.29 is 13.2 Å². The van der Waals surface area contributed by atoms with Crippen LogP contribution in [0.5, 0.6) is 0 Å². The van der Waals surface area contributed by atoms with Crippen LogP contribution < -0.4 is 9.62 Å². The zero-order valence-electron chi connectivity index (χ0n) is 19.1. The number of nitrogens with one attached hydrogen (secondary N) is 1. The van der Waals surface area contributed by atoms with Gasteiger partial charge < -0.3 is 5.32 Å². The van der Waals surface area contributed by atoms with Crippen LogP contribution in [0.2, 0.25) is 0 Å². The number of amides is 1. The monoisotopic (exact) mass is 482 g/mol. The summed E-state index contributed by atoms with van der Waals surface area (Å²) >= 11 is 1.43. The number of rotatable bonds is 8. The molecule has 174 valence electrons. The van der Waals surface area contributed by atoms with Gasteiger partial charge >= 0.3 is 0 Å². The van der Waals surface area contributed by atoms with Crippen LogP contribution in [-0.2, 0) is 16.6 Å². The summed E-state index contributed by atoms with van der Waals surface area (Å²) in [5.74, 6) is -0.0752. The fourth-order valence-corrected chi connectivity index (χ4v) is 5.95. The first-order valence-electron chi connectivity index (χ1n) is 11.3. The van der Waals surface area contributed by atoms with Gasteiger partial charge in [0.15, 0.2) is 0 Å². The lowest BCUT2D eigenvalue weighted by Crippen LogP contribution is -2.29. The SMILES string of the molecule is Cc1ccc(CN(c2ccc3sc(C(=O)NCCC4=CCCCC4)cc3c2)S(C)(=O)=O)cc1. The van der Waals surface area contributed by atoms with Crippen LogP contribution in [0.3, 0.4) is 0 Å². The molecule has 0 saturated heterocycles. The molecule has 1 aromatic heterocycles. The molecule has 0 bridgehead atoms. The van der Waals surface area contributed by atoms with Gasteiger partial charge in [-0.05, 0) is 74.2 Å². The summed E-state index contributed by atoms with van der Waals surface area (Å²) < 4.78 is 27.5. The minimum atomic E-state index is -3.48. The molecule has 0 atom stereocenters. The first-order valence-corrected chi connectivity index (χ1v) is 14.0. The molecule has 7 heteroatoms. The van der Waals surface area contributed by atoms with E-state index < -0.39 is 10.0 Å². The van der Waals surface area contributed by atoms with Crippen molar-refractivity contribution in [3.05, 3.63) is 76.2 Å². The highest BCUT2D eigenvalue weighted by molar-refractivity contribution is 7.92. The number of aryl methyl sites for hydroxylation is 1. The molecule has 0 unspecified atom stereocenters. The van der Waals surface area contributed by atoms with Crippen molar-refractivity contribution in [2.75, 3.05) is 17.1 Å². The molecule has 4 rings (SSSR count). The average molecular weight is 483 g/mol. The largest absolute Gasteiger partial charge is 0.351 e. The third kappa shape index (κ3) is 6.03. The molecule has 1 amide bonds. The molecule has 0 spiro atoms. The normalized spacial score (nSPS) is 14.2. The van der Waals surface area contributed by atoms with Gasteiger partial charge in [-0.1, -0.05) is 41.5 Å². The Bertz CT molecular complexity index is 1270. The summed E-state index contributed by atoms with van der Waals surface area (Å²) in [4.78, 5) is 13.3. The second kappa shape index (κ2) is 10.1. The zero-order chi connectivity index (χ0) is 23.4. The number of sulfonamides is 1. The van der Waals surface area contributed by atoms with Crippen molar-refractivity contribution in [3.8, 4) is 0 Å². The number of thiophene rings is 1. The highest BCUT2D eigenvalue weighted by Gasteiger charge is 2.19. The summed E-state index contributed by atoms with van der Waals surface area (Å²) in [6.07, 6.45) is 9.23. The van der Waals surface area contributed by atoms with Crippen LogP contribution in [0.25, 0.3) is 10.1 Å². The third-order valence-electron chi connectivity index (χ3n) is 5.98. The highest BCUT2D eigenvalue weighted by Crippen LogP contribution is 2.31. The van der Waals surface area contributed by atoms with Crippen molar-refractivity contribution in [2.45, 2.75) is 45.6 Å². The van der Waals surface area contributed by atoms with E-state index in [-0.39, 0.29) is 12.5 Å². The molecule has 1 heterocycles. The number of carbonyl (C=O) groups excluding carboxylic acids is 1. The number of benzene rings is 2. The minimum absolute atomic E-state index is 0.0752. The Labute approximate surface area is 200 Å². The summed E-state index contributed by atoms with van der Waals surface area (Å²) in [5.41, 5.74) is 4.09. The number of allylic oxidation sites excluding steroid dienone is 1. The van der Waals surface area contributed by atoms with E-state index in [4.69, 9.17) is 0 Å². The third-order valence-corrected chi connectivity index (χ3v) is 8.23. The van der Waals surface area contributed by atoms with Crippen molar-refractivity contribution in [1.82, 2.24) is 5.32 Å². The van der Waals surface area contributed by atoms with E-state index in [1.807, 2.05) is 55.5 Å². The van der Waals surface area contributed by atoms with Crippen molar-refractivity contribution in [2.24, 2.45) is 0 Å². The standard InChI is InChI=1S/C26H30N2O3S2/c1-19-8-10-21(11-9-19)18-28(33(2,30)31)23-12-13-24-22(16-23)17-25(32-24)26(29)27-15-14-20-6-4-3-5-7-20/h6,8-13,16-17H,3-5,7,14-15,18H2,1-2H3,(H,27,29). The lowest BCUT2D eigenvalue weighted by atomic mass is 9.97. The maximum Gasteiger partial charge on any atom is 0.261 e. The van der Waals surface area contributed by atoms with Crippen LogP contribution >= 0.6 is 11.3 Å². The number of fused-ring (bicyclic) bond motifs is 1. The van der Waals surface area contributed by atoms with Gasteiger partial charge in [0.25, 0.3) is 5.91 Å². The zero-order valence-corrected chi connectivity index (χ0v) is 20.8. The topological polar surface area (TPSA) is 66.5 Å². The molecule has 0 fully saturated rings. The van der Waals surface area contributed by atoms with Crippen molar-refractivity contribution in [1.29, 1.82) is 0 Å². The van der Waals surface area contributed by atoms with E-state index in [1.165, 1.54) is 40.3 Å². The minimum Gasteiger partial charge on any atom is -0.351 e. The van der Waals surface area contributed by atoms with Gasteiger partial charge in [0, 0.05) is 11.2 Å². The van der Waals surface area contributed by atoms with Crippen LogP contribution in [-0.4, -0.2) is 27.1 Å². The first kappa shape index (κ1) is 23.5. The molecule has 1 N–H and O–H groups in total. The number of hydrogen-bond acceptors (Lipinski definition) is 4. The lowest BCUT2D eigenvalue weighted by molar-refractivity contribution is 0.0958. The van der Waals surface area contributed by atoms with Gasteiger partial charge in [0.05, 0.1) is 23.4 Å². The van der Waals surface area contributed by atoms with Crippen molar-refractivity contribution >= 4 is 43.0 Å². The van der Waals surface area contributed by atoms with Gasteiger partial charge in [-0.25, -0.2) is 8.42 Å². The van der Waals surface area contributed by atoms with Crippen LogP contribution in [0.15, 0.2) is 60.2 Å². The molecule has 0 saturated carbocycles. The average Bonchev–Trinajstić information content (AvgIpc) is 3.22. The van der Waals surface area contributed by atoms with E-state index in [1.54, 1.807) is 0 Å². The molecule has 0 aliphatic heterocycles. The Kier molecular flexibility index (Phi) is 7.20. The molecule has 5 nitrogen and oxygen atoms in total. The molecule has 1 aliphatic rings. The van der Waals surface area contributed by atoms with E-state index in [2.05, 4.69) is 11.4 Å². The van der Waals surface area contributed by atoms with Crippen molar-refractivity contribution in [3.63, 3.8) is 0 Å². The van der Waals surface area contributed by atoms with Gasteiger partial charge in [-0.15, -0.1) is 11.3 Å². The molecule has 0 radical (unpaired) electrons. The van der Waals surface area contributed by atoms with E-state index in [9.17, 15) is 13.2 Å². The Balaban J connectivity index is 1.50. The second-order valence-corrected chi connectivity index (χ2v) is 11.7. The fraction of sp³-hybridized carbons (Fsp3) is 0.346. The number of anilines is 1. The molecule has 33 heavy (non-hydrogen) atoms. The molecule has 2 aromatic carbocycles. The fourth-order valence-electron chi connectivity index (χ4n) is 4.11. The second-order valence-electron chi connectivity index (χ2n) is 8.70. The van der Waals surface area contributed by atoms with E-state index in [0.717, 1.165) is 40.5 Å². The maximum atomic E-state index is 12.7. The molecule has 1 aliphatic carbocycles. The van der Waals surface area contributed by atoms with Gasteiger partial charge in [0.1, 0.15) is 0 Å². The summed E-state index contributed by atoms with van der Waals surface area (Å²) in [7, 11) is -3.48.